The fourth-order valence-corrected chi connectivity index (χ4v) is 2.24. The van der Waals surface area contributed by atoms with Crippen LogP contribution in [0.25, 0.3) is 0 Å². The summed E-state index contributed by atoms with van der Waals surface area (Å²) in [5.74, 6) is 1.43. The van der Waals surface area contributed by atoms with Crippen molar-refractivity contribution < 1.29 is 0 Å². The average Bonchev–Trinajstić information content (AvgIpc) is 2.28. The number of rotatable bonds is 2. The van der Waals surface area contributed by atoms with Crippen LogP contribution in [0, 0.1) is 12.8 Å². The van der Waals surface area contributed by atoms with Gasteiger partial charge in [0.05, 0.1) is 0 Å². The van der Waals surface area contributed by atoms with Gasteiger partial charge in [-0.25, -0.2) is 9.97 Å². The molecule has 1 aliphatic rings. The first kappa shape index (κ1) is 11.3. The summed E-state index contributed by atoms with van der Waals surface area (Å²) >= 11 is 0. The fourth-order valence-electron chi connectivity index (χ4n) is 2.24. The van der Waals surface area contributed by atoms with Crippen LogP contribution < -0.4 is 10.6 Å². The van der Waals surface area contributed by atoms with E-state index in [0.717, 1.165) is 37.4 Å². The number of hydrogen-bond donors (Lipinski definition) is 1. The van der Waals surface area contributed by atoms with Crippen LogP contribution in [0.4, 0.5) is 5.95 Å². The summed E-state index contributed by atoms with van der Waals surface area (Å²) in [6, 6.07) is 0. The largest absolute Gasteiger partial charge is 0.347 e. The van der Waals surface area contributed by atoms with Crippen LogP contribution in [0.2, 0.25) is 0 Å². The van der Waals surface area contributed by atoms with Gasteiger partial charge in [-0.15, -0.1) is 0 Å². The Morgan fingerprint density at radius 3 is 2.75 bits per heavy atom. The van der Waals surface area contributed by atoms with Gasteiger partial charge < -0.3 is 10.6 Å². The van der Waals surface area contributed by atoms with Gasteiger partial charge in [-0.05, 0) is 44.2 Å². The van der Waals surface area contributed by atoms with Gasteiger partial charge in [-0.2, -0.15) is 0 Å². The lowest BCUT2D eigenvalue weighted by atomic mass is 9.86. The number of fused-ring (bicyclic) bond motifs is 1. The molecule has 1 aliphatic carbocycles. The van der Waals surface area contributed by atoms with Gasteiger partial charge in [0.1, 0.15) is 0 Å². The van der Waals surface area contributed by atoms with Crippen molar-refractivity contribution in [3.8, 4) is 0 Å². The van der Waals surface area contributed by atoms with E-state index in [1.165, 1.54) is 11.3 Å². The molecule has 1 heterocycles. The Bertz CT molecular complexity index is 387. The van der Waals surface area contributed by atoms with Gasteiger partial charge >= 0.3 is 0 Å². The van der Waals surface area contributed by atoms with Gasteiger partial charge in [0, 0.05) is 25.5 Å². The van der Waals surface area contributed by atoms with Crippen molar-refractivity contribution in [1.82, 2.24) is 9.97 Å². The van der Waals surface area contributed by atoms with Crippen LogP contribution in [-0.4, -0.2) is 30.6 Å². The van der Waals surface area contributed by atoms with E-state index in [4.69, 9.17) is 5.73 Å². The minimum absolute atomic E-state index is 0.611. The smallest absolute Gasteiger partial charge is 0.225 e. The number of nitrogens with zero attached hydrogens (tertiary/aromatic N) is 3. The second-order valence-corrected chi connectivity index (χ2v) is 4.77. The summed E-state index contributed by atoms with van der Waals surface area (Å²) in [5, 5.41) is 0. The molecular weight excluding hydrogens is 200 g/mol. The molecule has 0 aromatic carbocycles. The van der Waals surface area contributed by atoms with Gasteiger partial charge in [0.15, 0.2) is 0 Å². The molecule has 16 heavy (non-hydrogen) atoms. The second kappa shape index (κ2) is 4.37. The fraction of sp³-hybridized carbons (Fsp3) is 0.667. The minimum Gasteiger partial charge on any atom is -0.347 e. The molecule has 1 unspecified atom stereocenters. The zero-order chi connectivity index (χ0) is 11.7. The molecule has 0 spiro atoms. The van der Waals surface area contributed by atoms with Crippen molar-refractivity contribution >= 4 is 5.95 Å². The van der Waals surface area contributed by atoms with Crippen LogP contribution in [0.15, 0.2) is 0 Å². The summed E-state index contributed by atoms with van der Waals surface area (Å²) in [5.41, 5.74) is 9.41. The number of anilines is 1. The average molecular weight is 220 g/mol. The molecule has 1 aromatic heterocycles. The van der Waals surface area contributed by atoms with Crippen molar-refractivity contribution in [1.29, 1.82) is 0 Å². The van der Waals surface area contributed by atoms with Crippen molar-refractivity contribution in [2.75, 3.05) is 25.5 Å². The van der Waals surface area contributed by atoms with E-state index in [1.54, 1.807) is 0 Å². The van der Waals surface area contributed by atoms with E-state index >= 15 is 0 Å². The Labute approximate surface area is 96.9 Å². The van der Waals surface area contributed by atoms with E-state index in [0.29, 0.717) is 5.92 Å². The summed E-state index contributed by atoms with van der Waals surface area (Å²) in [4.78, 5) is 11.1. The van der Waals surface area contributed by atoms with Crippen LogP contribution in [0.3, 0.4) is 0 Å². The summed E-state index contributed by atoms with van der Waals surface area (Å²) in [7, 11) is 3.96. The lowest BCUT2D eigenvalue weighted by molar-refractivity contribution is 0.459. The molecule has 0 aliphatic heterocycles. The molecule has 2 rings (SSSR count). The van der Waals surface area contributed by atoms with Gasteiger partial charge in [-0.3, -0.25) is 0 Å². The van der Waals surface area contributed by atoms with E-state index in [1.807, 2.05) is 19.0 Å². The second-order valence-electron chi connectivity index (χ2n) is 4.77. The highest BCUT2D eigenvalue weighted by molar-refractivity contribution is 5.37. The third-order valence-electron chi connectivity index (χ3n) is 3.30. The first-order chi connectivity index (χ1) is 7.61. The SMILES string of the molecule is Cc1nc(N(C)C)nc2c1CC(CN)CC2. The molecule has 0 bridgehead atoms. The number of aromatic nitrogens is 2. The molecule has 0 saturated carbocycles. The van der Waals surface area contributed by atoms with Crippen molar-refractivity contribution in [3.05, 3.63) is 17.0 Å². The highest BCUT2D eigenvalue weighted by Gasteiger charge is 2.21. The minimum atomic E-state index is 0.611. The topological polar surface area (TPSA) is 55.0 Å². The lowest BCUT2D eigenvalue weighted by Crippen LogP contribution is -2.25. The van der Waals surface area contributed by atoms with Crippen molar-refractivity contribution in [3.63, 3.8) is 0 Å². The third kappa shape index (κ3) is 2.02. The Balaban J connectivity index is 2.36. The maximum atomic E-state index is 5.74. The molecule has 0 amide bonds. The summed E-state index contributed by atoms with van der Waals surface area (Å²) < 4.78 is 0. The number of nitrogens with two attached hydrogens (primary N) is 1. The molecule has 4 heteroatoms. The van der Waals surface area contributed by atoms with Crippen molar-refractivity contribution in [2.24, 2.45) is 11.7 Å². The highest BCUT2D eigenvalue weighted by atomic mass is 15.2. The van der Waals surface area contributed by atoms with E-state index < -0.39 is 0 Å². The molecule has 4 nitrogen and oxygen atoms in total. The van der Waals surface area contributed by atoms with Crippen LogP contribution in [0.5, 0.6) is 0 Å². The third-order valence-corrected chi connectivity index (χ3v) is 3.30. The normalized spacial score (nSPS) is 19.4. The Hall–Kier alpha value is -1.16. The molecule has 0 fully saturated rings. The van der Waals surface area contributed by atoms with E-state index in [2.05, 4.69) is 16.9 Å². The van der Waals surface area contributed by atoms with Gasteiger partial charge in [0.25, 0.3) is 0 Å². The Morgan fingerprint density at radius 2 is 2.12 bits per heavy atom. The Kier molecular flexibility index (Phi) is 3.10. The van der Waals surface area contributed by atoms with Crippen LogP contribution in [0.1, 0.15) is 23.4 Å². The monoisotopic (exact) mass is 220 g/mol. The van der Waals surface area contributed by atoms with E-state index in [9.17, 15) is 0 Å². The lowest BCUT2D eigenvalue weighted by Gasteiger charge is -2.25. The molecule has 1 aromatic rings. The molecule has 2 N–H and O–H groups in total. The maximum Gasteiger partial charge on any atom is 0.225 e. The highest BCUT2D eigenvalue weighted by Crippen LogP contribution is 2.26. The van der Waals surface area contributed by atoms with Crippen LogP contribution in [-0.2, 0) is 12.8 Å². The van der Waals surface area contributed by atoms with Gasteiger partial charge in [0.2, 0.25) is 5.95 Å². The predicted octanol–water partition coefficient (Wildman–Crippen LogP) is 0.915. The number of hydrogen-bond acceptors (Lipinski definition) is 4. The number of aryl methyl sites for hydroxylation is 2. The van der Waals surface area contributed by atoms with Crippen molar-refractivity contribution in [2.45, 2.75) is 26.2 Å². The standard InChI is InChI=1S/C12H20N4/c1-8-10-6-9(7-13)4-5-11(10)15-12(14-8)16(2)3/h9H,4-7,13H2,1-3H3. The van der Waals surface area contributed by atoms with Gasteiger partial charge in [-0.1, -0.05) is 0 Å². The maximum absolute atomic E-state index is 5.74. The zero-order valence-corrected chi connectivity index (χ0v) is 10.3. The molecule has 1 atom stereocenters. The quantitative estimate of drug-likeness (QED) is 0.805. The summed E-state index contributed by atoms with van der Waals surface area (Å²) in [6.07, 6.45) is 3.25. The molecule has 88 valence electrons. The predicted molar refractivity (Wildman–Crippen MR) is 65.7 cm³/mol. The zero-order valence-electron chi connectivity index (χ0n) is 10.3. The molecular formula is C12H20N4. The van der Waals surface area contributed by atoms with Crippen LogP contribution >= 0.6 is 0 Å². The van der Waals surface area contributed by atoms with E-state index in [-0.39, 0.29) is 0 Å². The first-order valence-electron chi connectivity index (χ1n) is 5.85. The first-order valence-corrected chi connectivity index (χ1v) is 5.85. The molecule has 0 saturated heterocycles. The molecule has 0 radical (unpaired) electrons. The summed E-state index contributed by atoms with van der Waals surface area (Å²) in [6.45, 7) is 2.85. The Morgan fingerprint density at radius 1 is 1.38 bits per heavy atom.